The number of aromatic nitrogens is 1. The van der Waals surface area contributed by atoms with E-state index in [4.69, 9.17) is 0 Å². The average Bonchev–Trinajstić information content (AvgIpc) is 2.20. The lowest BCUT2D eigenvalue weighted by Gasteiger charge is -2.07. The van der Waals surface area contributed by atoms with Crippen molar-refractivity contribution in [1.29, 1.82) is 0 Å². The molecule has 0 amide bonds. The molecule has 0 atom stereocenters. The van der Waals surface area contributed by atoms with E-state index < -0.39 is 0 Å². The molecule has 0 aliphatic carbocycles. The lowest BCUT2D eigenvalue weighted by molar-refractivity contribution is 1.17. The summed E-state index contributed by atoms with van der Waals surface area (Å²) in [6.07, 6.45) is 1.85. The minimum Gasteiger partial charge on any atom is -0.370 e. The molecule has 2 heteroatoms. The maximum atomic E-state index is 4.33. The lowest BCUT2D eigenvalue weighted by Crippen LogP contribution is -1.99. The number of nitrogens with zero attached hydrogens (tertiary/aromatic N) is 1. The van der Waals surface area contributed by atoms with Gasteiger partial charge in [0, 0.05) is 18.1 Å². The second-order valence-corrected chi connectivity index (χ2v) is 3.36. The zero-order valence-corrected chi connectivity index (χ0v) is 8.54. The van der Waals surface area contributed by atoms with Crippen molar-refractivity contribution in [2.45, 2.75) is 13.8 Å². The van der Waals surface area contributed by atoms with Crippen LogP contribution in [0.4, 0.5) is 5.82 Å². The van der Waals surface area contributed by atoms with E-state index in [0.29, 0.717) is 0 Å². The predicted molar refractivity (Wildman–Crippen MR) is 60.6 cm³/mol. The molecule has 1 N–H and O–H groups in total. The van der Waals surface area contributed by atoms with Crippen LogP contribution in [0.2, 0.25) is 0 Å². The van der Waals surface area contributed by atoms with Crippen LogP contribution in [0.1, 0.15) is 12.5 Å². The maximum absolute atomic E-state index is 4.33. The summed E-state index contributed by atoms with van der Waals surface area (Å²) >= 11 is 0. The molecule has 2 aromatic rings. The molecule has 0 aliphatic heterocycles. The van der Waals surface area contributed by atoms with Crippen LogP contribution in [0.3, 0.4) is 0 Å². The van der Waals surface area contributed by atoms with Crippen LogP contribution in [-0.2, 0) is 0 Å². The zero-order chi connectivity index (χ0) is 9.97. The molecular formula is C12H14N2. The first kappa shape index (κ1) is 9.00. The highest BCUT2D eigenvalue weighted by Gasteiger charge is 2.01. The Balaban J connectivity index is 2.68. The molecule has 0 aliphatic rings. The quantitative estimate of drug-likeness (QED) is 0.780. The van der Waals surface area contributed by atoms with E-state index in [1.807, 2.05) is 6.20 Å². The Kier molecular flexibility index (Phi) is 2.35. The highest BCUT2D eigenvalue weighted by atomic mass is 15.0. The number of rotatable bonds is 2. The average molecular weight is 186 g/mol. The van der Waals surface area contributed by atoms with Crippen LogP contribution >= 0.6 is 0 Å². The largest absolute Gasteiger partial charge is 0.370 e. The molecule has 0 spiro atoms. The summed E-state index contributed by atoms with van der Waals surface area (Å²) in [6.45, 7) is 5.11. The number of anilines is 1. The summed E-state index contributed by atoms with van der Waals surface area (Å²) in [5, 5.41) is 5.75. The second kappa shape index (κ2) is 3.66. The number of pyridine rings is 1. The zero-order valence-electron chi connectivity index (χ0n) is 8.54. The van der Waals surface area contributed by atoms with Gasteiger partial charge in [-0.3, -0.25) is 0 Å². The van der Waals surface area contributed by atoms with E-state index in [1.165, 1.54) is 16.3 Å². The summed E-state index contributed by atoms with van der Waals surface area (Å²) in [4.78, 5) is 4.33. The third kappa shape index (κ3) is 1.43. The predicted octanol–water partition coefficient (Wildman–Crippen LogP) is 2.98. The van der Waals surface area contributed by atoms with Crippen LogP contribution < -0.4 is 5.32 Å². The van der Waals surface area contributed by atoms with E-state index in [-0.39, 0.29) is 0 Å². The summed E-state index contributed by atoms with van der Waals surface area (Å²) in [5.74, 6) is 0.980. The highest BCUT2D eigenvalue weighted by Crippen LogP contribution is 2.23. The van der Waals surface area contributed by atoms with Gasteiger partial charge in [-0.2, -0.15) is 0 Å². The molecule has 2 rings (SSSR count). The number of benzene rings is 1. The minimum absolute atomic E-state index is 0.903. The molecule has 0 radical (unpaired) electrons. The first-order valence-electron chi connectivity index (χ1n) is 4.91. The number of fused-ring (bicyclic) bond motifs is 1. The fourth-order valence-corrected chi connectivity index (χ4v) is 1.67. The first-order valence-corrected chi connectivity index (χ1v) is 4.91. The Hall–Kier alpha value is -1.57. The summed E-state index contributed by atoms with van der Waals surface area (Å²) in [6, 6.07) is 8.36. The van der Waals surface area contributed by atoms with Crippen LogP contribution in [-0.4, -0.2) is 11.5 Å². The molecule has 2 nitrogen and oxygen atoms in total. The molecule has 0 bridgehead atoms. The van der Waals surface area contributed by atoms with Crippen LogP contribution in [0, 0.1) is 6.92 Å². The van der Waals surface area contributed by atoms with Gasteiger partial charge in [0.15, 0.2) is 0 Å². The Bertz CT molecular complexity index is 449. The van der Waals surface area contributed by atoms with E-state index >= 15 is 0 Å². The van der Waals surface area contributed by atoms with Crippen molar-refractivity contribution < 1.29 is 0 Å². The maximum Gasteiger partial charge on any atom is 0.133 e. The normalized spacial score (nSPS) is 10.4. The van der Waals surface area contributed by atoms with Crippen LogP contribution in [0.5, 0.6) is 0 Å². The van der Waals surface area contributed by atoms with E-state index in [2.05, 4.69) is 48.4 Å². The lowest BCUT2D eigenvalue weighted by atomic mass is 10.1. The molecule has 14 heavy (non-hydrogen) atoms. The van der Waals surface area contributed by atoms with Crippen LogP contribution in [0.25, 0.3) is 10.8 Å². The Labute approximate surface area is 84.0 Å². The van der Waals surface area contributed by atoms with Gasteiger partial charge in [-0.1, -0.05) is 18.2 Å². The minimum atomic E-state index is 0.903. The van der Waals surface area contributed by atoms with Crippen LogP contribution in [0.15, 0.2) is 30.5 Å². The van der Waals surface area contributed by atoms with Gasteiger partial charge < -0.3 is 5.32 Å². The molecule has 1 aromatic heterocycles. The van der Waals surface area contributed by atoms with Gasteiger partial charge in [0.25, 0.3) is 0 Å². The van der Waals surface area contributed by atoms with Crippen molar-refractivity contribution in [1.82, 2.24) is 4.98 Å². The molecule has 1 aromatic carbocycles. The number of nitrogens with one attached hydrogen (secondary N) is 1. The summed E-state index contributed by atoms with van der Waals surface area (Å²) in [5.41, 5.74) is 1.30. The smallest absolute Gasteiger partial charge is 0.133 e. The number of aryl methyl sites for hydroxylation is 1. The van der Waals surface area contributed by atoms with Gasteiger partial charge in [-0.05, 0) is 30.9 Å². The van der Waals surface area contributed by atoms with Gasteiger partial charge in [-0.15, -0.1) is 0 Å². The number of hydrogen-bond donors (Lipinski definition) is 1. The van der Waals surface area contributed by atoms with Crippen molar-refractivity contribution in [3.8, 4) is 0 Å². The molecule has 72 valence electrons. The van der Waals surface area contributed by atoms with Gasteiger partial charge in [-0.25, -0.2) is 4.98 Å². The summed E-state index contributed by atoms with van der Waals surface area (Å²) < 4.78 is 0. The fraction of sp³-hybridized carbons (Fsp3) is 0.250. The Morgan fingerprint density at radius 3 is 2.86 bits per heavy atom. The van der Waals surface area contributed by atoms with Gasteiger partial charge in [0.05, 0.1) is 0 Å². The van der Waals surface area contributed by atoms with Crippen molar-refractivity contribution in [2.75, 3.05) is 11.9 Å². The van der Waals surface area contributed by atoms with E-state index in [9.17, 15) is 0 Å². The SMILES string of the molecule is CCNc1nccc2c(C)cccc12. The van der Waals surface area contributed by atoms with Gasteiger partial charge in [0.1, 0.15) is 5.82 Å². The Morgan fingerprint density at radius 2 is 2.07 bits per heavy atom. The van der Waals surface area contributed by atoms with Gasteiger partial charge in [0.2, 0.25) is 0 Å². The van der Waals surface area contributed by atoms with Crippen molar-refractivity contribution in [3.63, 3.8) is 0 Å². The van der Waals surface area contributed by atoms with Crippen molar-refractivity contribution in [2.24, 2.45) is 0 Å². The standard InChI is InChI=1S/C12H14N2/c1-3-13-12-11-6-4-5-9(2)10(11)7-8-14-12/h4-8H,3H2,1-2H3,(H,13,14). The molecule has 0 saturated heterocycles. The molecule has 0 fully saturated rings. The first-order chi connectivity index (χ1) is 6.83. The topological polar surface area (TPSA) is 24.9 Å². The second-order valence-electron chi connectivity index (χ2n) is 3.36. The fourth-order valence-electron chi connectivity index (χ4n) is 1.67. The molecule has 1 heterocycles. The Morgan fingerprint density at radius 1 is 1.21 bits per heavy atom. The van der Waals surface area contributed by atoms with Crippen molar-refractivity contribution in [3.05, 3.63) is 36.0 Å². The summed E-state index contributed by atoms with van der Waals surface area (Å²) in [7, 11) is 0. The molecular weight excluding hydrogens is 172 g/mol. The third-order valence-electron chi connectivity index (χ3n) is 2.37. The number of hydrogen-bond acceptors (Lipinski definition) is 2. The van der Waals surface area contributed by atoms with E-state index in [0.717, 1.165) is 12.4 Å². The molecule has 0 saturated carbocycles. The molecule has 0 unspecified atom stereocenters. The van der Waals surface area contributed by atoms with E-state index in [1.54, 1.807) is 0 Å². The monoisotopic (exact) mass is 186 g/mol. The van der Waals surface area contributed by atoms with Crippen molar-refractivity contribution >= 4 is 16.6 Å². The third-order valence-corrected chi connectivity index (χ3v) is 2.37. The van der Waals surface area contributed by atoms with Gasteiger partial charge >= 0.3 is 0 Å². The highest BCUT2D eigenvalue weighted by molar-refractivity contribution is 5.93.